The van der Waals surface area contributed by atoms with Gasteiger partial charge in [-0.1, -0.05) is 91.8 Å². The first-order valence-corrected chi connectivity index (χ1v) is 25.4. The van der Waals surface area contributed by atoms with Crippen molar-refractivity contribution in [2.45, 2.75) is 180 Å². The van der Waals surface area contributed by atoms with E-state index >= 15 is 0 Å². The SMILES string of the molecule is C=C1/C(=C\C=C2/CCC[C@]3(C)[C@@H]([C@H](C)/C=C/[C@@H](O)C4(OC(=O)OCC)CC4)CC[C@@H]23)C[C@@H](O[Si](C)(C)C(C)(C)C)C[C@@H]1O[Si](C)(C)C(C)(C)C. The molecule has 0 aliphatic heterocycles. The summed E-state index contributed by atoms with van der Waals surface area (Å²) in [7, 11) is -3.99. The fourth-order valence-electron chi connectivity index (χ4n) is 8.39. The van der Waals surface area contributed by atoms with Crippen molar-refractivity contribution in [1.29, 1.82) is 0 Å². The Hall–Kier alpha value is -1.46. The third kappa shape index (κ3) is 9.00. The predicted molar refractivity (Wildman–Crippen MR) is 211 cm³/mol. The summed E-state index contributed by atoms with van der Waals surface area (Å²) >= 11 is 0. The lowest BCUT2D eigenvalue weighted by atomic mass is 9.61. The maximum atomic E-state index is 12.0. The molecule has 284 valence electrons. The van der Waals surface area contributed by atoms with Gasteiger partial charge in [-0.3, -0.25) is 0 Å². The summed E-state index contributed by atoms with van der Waals surface area (Å²) in [5.41, 5.74) is 3.39. The van der Waals surface area contributed by atoms with E-state index in [1.54, 1.807) is 12.5 Å². The second-order valence-corrected chi connectivity index (χ2v) is 28.9. The van der Waals surface area contributed by atoms with Crippen molar-refractivity contribution in [2.24, 2.45) is 23.2 Å². The summed E-state index contributed by atoms with van der Waals surface area (Å²) in [5.74, 6) is 1.40. The fourth-order valence-corrected chi connectivity index (χ4v) is 11.1. The normalized spacial score (nSPS) is 31.9. The zero-order chi connectivity index (χ0) is 37.5. The molecule has 4 aliphatic rings. The monoisotopic (exact) mass is 728 g/mol. The average Bonchev–Trinajstić information content (AvgIpc) is 3.67. The van der Waals surface area contributed by atoms with Crippen molar-refractivity contribution >= 4 is 22.8 Å². The van der Waals surface area contributed by atoms with Crippen LogP contribution in [0.5, 0.6) is 0 Å². The Morgan fingerprint density at radius 1 is 0.980 bits per heavy atom. The van der Waals surface area contributed by atoms with Crippen molar-refractivity contribution in [1.82, 2.24) is 0 Å². The molecule has 0 heterocycles. The summed E-state index contributed by atoms with van der Waals surface area (Å²) in [6.45, 7) is 34.8. The smallest absolute Gasteiger partial charge is 0.435 e. The molecule has 4 aliphatic carbocycles. The lowest BCUT2D eigenvalue weighted by Gasteiger charge is -2.45. The number of ether oxygens (including phenoxy) is 2. The molecule has 0 aromatic heterocycles. The van der Waals surface area contributed by atoms with Gasteiger partial charge in [-0.2, -0.15) is 0 Å². The Morgan fingerprint density at radius 3 is 2.18 bits per heavy atom. The van der Waals surface area contributed by atoms with E-state index < -0.39 is 34.5 Å². The van der Waals surface area contributed by atoms with E-state index in [1.165, 1.54) is 31.3 Å². The van der Waals surface area contributed by atoms with Gasteiger partial charge < -0.3 is 23.4 Å². The van der Waals surface area contributed by atoms with E-state index in [-0.39, 0.29) is 34.3 Å². The molecule has 0 spiro atoms. The topological polar surface area (TPSA) is 74.2 Å². The molecule has 4 saturated carbocycles. The van der Waals surface area contributed by atoms with Crippen LogP contribution in [-0.4, -0.2) is 58.4 Å². The minimum Gasteiger partial charge on any atom is -0.435 e. The molecular weight excluding hydrogens is 657 g/mol. The maximum Gasteiger partial charge on any atom is 0.508 e. The molecule has 4 rings (SSSR count). The van der Waals surface area contributed by atoms with Crippen molar-refractivity contribution in [3.8, 4) is 0 Å². The van der Waals surface area contributed by atoms with Gasteiger partial charge in [-0.15, -0.1) is 0 Å². The highest BCUT2D eigenvalue weighted by atomic mass is 28.4. The van der Waals surface area contributed by atoms with Gasteiger partial charge in [0.25, 0.3) is 0 Å². The molecule has 1 N–H and O–H groups in total. The van der Waals surface area contributed by atoms with Gasteiger partial charge in [-0.25, -0.2) is 4.79 Å². The van der Waals surface area contributed by atoms with E-state index in [2.05, 4.69) is 106 Å². The summed E-state index contributed by atoms with van der Waals surface area (Å²) in [4.78, 5) is 12.0. The van der Waals surface area contributed by atoms with Crippen LogP contribution in [0.1, 0.15) is 120 Å². The zero-order valence-corrected chi connectivity index (χ0v) is 36.0. The highest BCUT2D eigenvalue weighted by Crippen LogP contribution is 2.60. The number of carbonyl (C=O) groups excluding carboxylic acids is 1. The van der Waals surface area contributed by atoms with Crippen molar-refractivity contribution in [3.63, 3.8) is 0 Å². The molecule has 4 fully saturated rings. The molecule has 0 aromatic rings. The van der Waals surface area contributed by atoms with Crippen LogP contribution < -0.4 is 0 Å². The number of rotatable bonds is 11. The summed E-state index contributed by atoms with van der Waals surface area (Å²) in [5, 5.41) is 11.3. The van der Waals surface area contributed by atoms with Crippen LogP contribution in [0.3, 0.4) is 0 Å². The largest absolute Gasteiger partial charge is 0.508 e. The maximum absolute atomic E-state index is 12.0. The van der Waals surface area contributed by atoms with E-state index in [1.807, 2.05) is 6.08 Å². The number of aliphatic hydroxyl groups excluding tert-OH is 1. The fraction of sp³-hybridized carbons (Fsp3) is 0.786. The first-order valence-electron chi connectivity index (χ1n) is 19.6. The molecule has 0 unspecified atom stereocenters. The van der Waals surface area contributed by atoms with Gasteiger partial charge in [0.05, 0.1) is 18.8 Å². The first kappa shape index (κ1) is 41.3. The van der Waals surface area contributed by atoms with Gasteiger partial charge in [0.2, 0.25) is 0 Å². The molecule has 7 atom stereocenters. The minimum absolute atomic E-state index is 0.0167. The quantitative estimate of drug-likeness (QED) is 0.130. The Bertz CT molecular complexity index is 1330. The second-order valence-electron chi connectivity index (χ2n) is 19.4. The summed E-state index contributed by atoms with van der Waals surface area (Å²) in [6.07, 6.45) is 16.5. The zero-order valence-electron chi connectivity index (χ0n) is 34.0. The predicted octanol–water partition coefficient (Wildman–Crippen LogP) is 11.4. The van der Waals surface area contributed by atoms with E-state index in [0.29, 0.717) is 30.6 Å². The minimum atomic E-state index is -2.02. The Kier molecular flexibility index (Phi) is 12.5. The van der Waals surface area contributed by atoms with Crippen LogP contribution in [-0.2, 0) is 18.3 Å². The standard InChI is InChI=1S/C42H72O6Si2/c1-15-45-38(44)46-42(25-26-42)37(43)23-18-29(2)34-21-22-35-31(17-16-24-41(34,35)10)19-20-32-27-33(47-49(11,12)39(4,5)6)28-36(30(32)3)48-50(13,14)40(7,8)9/h18-20,23,29,33-37,43H,3,15-17,21-22,24-28H2,1-2,4-14H3/b23-18+,31-19+,32-20-/t29-,33-,34-,35+,36+,37-,41-/m1/s1. The van der Waals surface area contributed by atoms with E-state index in [4.69, 9.17) is 18.3 Å². The molecule has 8 heteroatoms. The van der Waals surface area contributed by atoms with Crippen LogP contribution >= 0.6 is 0 Å². The average molecular weight is 729 g/mol. The number of allylic oxidation sites excluding steroid dienone is 4. The summed E-state index contributed by atoms with van der Waals surface area (Å²) in [6, 6.07) is 0. The molecule has 0 radical (unpaired) electrons. The molecule has 0 amide bonds. The lowest BCUT2D eigenvalue weighted by molar-refractivity contribution is -0.0301. The first-order chi connectivity index (χ1) is 23.0. The van der Waals surface area contributed by atoms with Gasteiger partial charge in [0, 0.05) is 6.42 Å². The number of fused-ring (bicyclic) bond motifs is 1. The second kappa shape index (κ2) is 15.1. The third-order valence-electron chi connectivity index (χ3n) is 13.8. The van der Waals surface area contributed by atoms with Gasteiger partial charge in [0.1, 0.15) is 11.7 Å². The number of carbonyl (C=O) groups is 1. The highest BCUT2D eigenvalue weighted by Gasteiger charge is 2.54. The van der Waals surface area contributed by atoms with E-state index in [9.17, 15) is 9.90 Å². The molecule has 0 aromatic carbocycles. The number of aliphatic hydroxyl groups is 1. The Balaban J connectivity index is 1.53. The van der Waals surface area contributed by atoms with Crippen LogP contribution in [0.25, 0.3) is 0 Å². The van der Waals surface area contributed by atoms with Gasteiger partial charge >= 0.3 is 6.16 Å². The summed E-state index contributed by atoms with van der Waals surface area (Å²) < 4.78 is 24.7. The number of hydrogen-bond donors (Lipinski definition) is 1. The highest BCUT2D eigenvalue weighted by molar-refractivity contribution is 6.74. The van der Waals surface area contributed by atoms with E-state index in [0.717, 1.165) is 24.8 Å². The van der Waals surface area contributed by atoms with Crippen LogP contribution in [0.4, 0.5) is 4.79 Å². The van der Waals surface area contributed by atoms with Gasteiger partial charge in [0.15, 0.2) is 16.6 Å². The molecule has 50 heavy (non-hydrogen) atoms. The molecule has 0 saturated heterocycles. The van der Waals surface area contributed by atoms with Crippen molar-refractivity contribution in [2.75, 3.05) is 6.61 Å². The lowest BCUT2D eigenvalue weighted by Crippen LogP contribution is -2.49. The number of hydrogen-bond acceptors (Lipinski definition) is 6. The van der Waals surface area contributed by atoms with Gasteiger partial charge in [-0.05, 0) is 129 Å². The molecule has 6 nitrogen and oxygen atoms in total. The molecular formula is C42H72O6Si2. The third-order valence-corrected chi connectivity index (χ3v) is 22.9. The van der Waals surface area contributed by atoms with Crippen LogP contribution in [0.15, 0.2) is 47.6 Å². The Morgan fingerprint density at radius 2 is 1.60 bits per heavy atom. The van der Waals surface area contributed by atoms with Crippen LogP contribution in [0, 0.1) is 23.2 Å². The Labute approximate surface area is 307 Å². The van der Waals surface area contributed by atoms with Crippen molar-refractivity contribution < 1.29 is 28.2 Å². The van der Waals surface area contributed by atoms with Crippen molar-refractivity contribution in [3.05, 3.63) is 47.6 Å². The van der Waals surface area contributed by atoms with Crippen LogP contribution in [0.2, 0.25) is 36.3 Å². The molecule has 0 bridgehead atoms.